The number of nitrogens with zero attached hydrogens (tertiary/aromatic N) is 2. The average molecular weight is 288 g/mol. The molecule has 2 rings (SSSR count). The molecule has 21 heavy (non-hydrogen) atoms. The van der Waals surface area contributed by atoms with Crippen molar-refractivity contribution in [3.63, 3.8) is 0 Å². The Morgan fingerprint density at radius 3 is 2.86 bits per heavy atom. The van der Waals surface area contributed by atoms with Crippen molar-refractivity contribution in [2.45, 2.75) is 0 Å². The maximum atomic E-state index is 11.9. The molecule has 6 nitrogen and oxygen atoms in total. The maximum absolute atomic E-state index is 11.9. The van der Waals surface area contributed by atoms with Crippen LogP contribution in [0.3, 0.4) is 0 Å². The second-order valence-electron chi connectivity index (χ2n) is 4.90. The highest BCUT2D eigenvalue weighted by atomic mass is 16.5. The summed E-state index contributed by atoms with van der Waals surface area (Å²) in [7, 11) is 5.53. The van der Waals surface area contributed by atoms with Crippen molar-refractivity contribution in [1.82, 2.24) is 15.2 Å². The molecule has 0 unspecified atom stereocenters. The number of urea groups is 1. The van der Waals surface area contributed by atoms with Gasteiger partial charge in [-0.2, -0.15) is 0 Å². The third kappa shape index (κ3) is 3.82. The fraction of sp³-hybridized carbons (Fsp3) is 0.333. The monoisotopic (exact) mass is 288 g/mol. The fourth-order valence-corrected chi connectivity index (χ4v) is 1.99. The number of carbonyl (C=O) groups is 1. The van der Waals surface area contributed by atoms with Gasteiger partial charge in [0.15, 0.2) is 0 Å². The van der Waals surface area contributed by atoms with Crippen molar-refractivity contribution in [3.05, 3.63) is 30.5 Å². The number of rotatable bonds is 5. The van der Waals surface area contributed by atoms with Crippen LogP contribution in [0.25, 0.3) is 10.9 Å². The number of hydrogen-bond acceptors (Lipinski definition) is 4. The predicted molar refractivity (Wildman–Crippen MR) is 83.9 cm³/mol. The van der Waals surface area contributed by atoms with Crippen LogP contribution in [0.15, 0.2) is 30.5 Å². The van der Waals surface area contributed by atoms with Gasteiger partial charge in [-0.3, -0.25) is 4.98 Å². The minimum atomic E-state index is -0.242. The lowest BCUT2D eigenvalue weighted by Crippen LogP contribution is -2.34. The van der Waals surface area contributed by atoms with Gasteiger partial charge in [-0.1, -0.05) is 6.07 Å². The zero-order valence-electron chi connectivity index (χ0n) is 12.5. The van der Waals surface area contributed by atoms with E-state index in [1.165, 1.54) is 0 Å². The zero-order valence-corrected chi connectivity index (χ0v) is 12.5. The van der Waals surface area contributed by atoms with E-state index < -0.39 is 0 Å². The van der Waals surface area contributed by atoms with Crippen LogP contribution >= 0.6 is 0 Å². The van der Waals surface area contributed by atoms with E-state index in [0.717, 1.165) is 17.7 Å². The first kappa shape index (κ1) is 15.1. The molecule has 0 fully saturated rings. The number of pyridine rings is 1. The standard InChI is InChI=1S/C15H20N4O2/c1-19(2)10-9-17-15(20)18-12-6-4-5-11-13(21-3)7-8-16-14(11)12/h4-8H,9-10H2,1-3H3,(H2,17,18,20). The molecule has 0 aliphatic rings. The van der Waals surface area contributed by atoms with Gasteiger partial charge in [-0.25, -0.2) is 4.79 Å². The van der Waals surface area contributed by atoms with Gasteiger partial charge in [0, 0.05) is 24.7 Å². The molecule has 0 aliphatic heterocycles. The first-order chi connectivity index (χ1) is 10.1. The molecule has 0 bridgehead atoms. The van der Waals surface area contributed by atoms with E-state index in [0.29, 0.717) is 17.7 Å². The lowest BCUT2D eigenvalue weighted by Gasteiger charge is -2.12. The quantitative estimate of drug-likeness (QED) is 0.882. The molecule has 112 valence electrons. The number of amides is 2. The van der Waals surface area contributed by atoms with Gasteiger partial charge in [0.2, 0.25) is 0 Å². The van der Waals surface area contributed by atoms with Gasteiger partial charge >= 0.3 is 6.03 Å². The van der Waals surface area contributed by atoms with E-state index in [1.807, 2.05) is 37.2 Å². The topological polar surface area (TPSA) is 66.5 Å². The highest BCUT2D eigenvalue weighted by Crippen LogP contribution is 2.28. The number of benzene rings is 1. The van der Waals surface area contributed by atoms with Gasteiger partial charge in [-0.15, -0.1) is 0 Å². The van der Waals surface area contributed by atoms with E-state index in [4.69, 9.17) is 4.74 Å². The molecule has 2 N–H and O–H groups in total. The van der Waals surface area contributed by atoms with Crippen molar-refractivity contribution in [3.8, 4) is 5.75 Å². The van der Waals surface area contributed by atoms with Crippen molar-refractivity contribution in [2.24, 2.45) is 0 Å². The minimum Gasteiger partial charge on any atom is -0.496 e. The summed E-state index contributed by atoms with van der Waals surface area (Å²) in [6.07, 6.45) is 1.66. The number of aromatic nitrogens is 1. The Labute approximate surface area is 124 Å². The Morgan fingerprint density at radius 2 is 2.14 bits per heavy atom. The van der Waals surface area contributed by atoms with E-state index in [1.54, 1.807) is 19.4 Å². The Bertz CT molecular complexity index is 628. The maximum Gasteiger partial charge on any atom is 0.319 e. The molecule has 0 radical (unpaired) electrons. The van der Waals surface area contributed by atoms with Gasteiger partial charge in [0.25, 0.3) is 0 Å². The largest absolute Gasteiger partial charge is 0.496 e. The fourth-order valence-electron chi connectivity index (χ4n) is 1.99. The van der Waals surface area contributed by atoms with Gasteiger partial charge in [-0.05, 0) is 32.3 Å². The Morgan fingerprint density at radius 1 is 1.33 bits per heavy atom. The molecule has 0 atom stereocenters. The van der Waals surface area contributed by atoms with Crippen LogP contribution in [0.5, 0.6) is 5.75 Å². The highest BCUT2D eigenvalue weighted by Gasteiger charge is 2.09. The van der Waals surface area contributed by atoms with Crippen LogP contribution in [0.1, 0.15) is 0 Å². The van der Waals surface area contributed by atoms with Crippen LogP contribution < -0.4 is 15.4 Å². The summed E-state index contributed by atoms with van der Waals surface area (Å²) in [5.41, 5.74) is 1.37. The molecular weight excluding hydrogens is 268 g/mol. The Kier molecular flexibility index (Phi) is 4.94. The number of methoxy groups -OCH3 is 1. The first-order valence-electron chi connectivity index (χ1n) is 6.73. The molecule has 1 aromatic heterocycles. The van der Waals surface area contributed by atoms with Crippen LogP contribution in [-0.4, -0.2) is 50.2 Å². The minimum absolute atomic E-state index is 0.242. The average Bonchev–Trinajstić information content (AvgIpc) is 2.46. The van der Waals surface area contributed by atoms with Crippen LogP contribution in [0, 0.1) is 0 Å². The third-order valence-electron chi connectivity index (χ3n) is 3.04. The van der Waals surface area contributed by atoms with E-state index in [-0.39, 0.29) is 6.03 Å². The summed E-state index contributed by atoms with van der Waals surface area (Å²) in [6.45, 7) is 1.37. The van der Waals surface area contributed by atoms with Gasteiger partial charge < -0.3 is 20.3 Å². The predicted octanol–water partition coefficient (Wildman–Crippen LogP) is 1.93. The number of nitrogens with one attached hydrogen (secondary N) is 2. The summed E-state index contributed by atoms with van der Waals surface area (Å²) in [4.78, 5) is 18.2. The molecule has 2 amide bonds. The molecule has 0 spiro atoms. The number of para-hydroxylation sites is 1. The number of likely N-dealkylation sites (N-methyl/N-ethyl adjacent to an activating group) is 1. The lowest BCUT2D eigenvalue weighted by atomic mass is 10.2. The zero-order chi connectivity index (χ0) is 15.2. The Balaban J connectivity index is 2.13. The second kappa shape index (κ2) is 6.90. The van der Waals surface area contributed by atoms with Crippen LogP contribution in [0.4, 0.5) is 10.5 Å². The van der Waals surface area contributed by atoms with E-state index >= 15 is 0 Å². The molecular formula is C15H20N4O2. The summed E-state index contributed by atoms with van der Waals surface area (Å²) in [5, 5.41) is 6.50. The molecule has 0 saturated heterocycles. The number of carbonyl (C=O) groups excluding carboxylic acids is 1. The normalized spacial score (nSPS) is 10.7. The van der Waals surface area contributed by atoms with Crippen molar-refractivity contribution >= 4 is 22.6 Å². The lowest BCUT2D eigenvalue weighted by molar-refractivity contribution is 0.250. The van der Waals surface area contributed by atoms with Gasteiger partial charge in [0.1, 0.15) is 5.75 Å². The second-order valence-corrected chi connectivity index (χ2v) is 4.90. The molecule has 0 aliphatic carbocycles. The number of hydrogen-bond donors (Lipinski definition) is 2. The number of anilines is 1. The van der Waals surface area contributed by atoms with Crippen LogP contribution in [-0.2, 0) is 0 Å². The molecule has 2 aromatic rings. The summed E-state index contributed by atoms with van der Waals surface area (Å²) >= 11 is 0. The summed E-state index contributed by atoms with van der Waals surface area (Å²) in [6, 6.07) is 7.15. The molecule has 1 aromatic carbocycles. The molecule has 6 heteroatoms. The highest BCUT2D eigenvalue weighted by molar-refractivity contribution is 6.01. The number of fused-ring (bicyclic) bond motifs is 1. The van der Waals surface area contributed by atoms with Crippen LogP contribution in [0.2, 0.25) is 0 Å². The van der Waals surface area contributed by atoms with Crippen molar-refractivity contribution < 1.29 is 9.53 Å². The molecule has 1 heterocycles. The summed E-state index contributed by atoms with van der Waals surface area (Å²) < 4.78 is 5.30. The van der Waals surface area contributed by atoms with E-state index in [9.17, 15) is 4.79 Å². The Hall–Kier alpha value is -2.34. The smallest absolute Gasteiger partial charge is 0.319 e. The number of ether oxygens (including phenoxy) is 1. The first-order valence-corrected chi connectivity index (χ1v) is 6.73. The van der Waals surface area contributed by atoms with Crippen molar-refractivity contribution in [2.75, 3.05) is 39.6 Å². The third-order valence-corrected chi connectivity index (χ3v) is 3.04. The van der Waals surface area contributed by atoms with E-state index in [2.05, 4.69) is 15.6 Å². The van der Waals surface area contributed by atoms with Gasteiger partial charge in [0.05, 0.1) is 18.3 Å². The molecule has 0 saturated carbocycles. The van der Waals surface area contributed by atoms with Crippen molar-refractivity contribution in [1.29, 1.82) is 0 Å². The SMILES string of the molecule is COc1ccnc2c(NC(=O)NCCN(C)C)cccc12. The summed E-state index contributed by atoms with van der Waals surface area (Å²) in [5.74, 6) is 0.733.